The van der Waals surface area contributed by atoms with Crippen LogP contribution in [0.3, 0.4) is 0 Å². The highest BCUT2D eigenvalue weighted by molar-refractivity contribution is 5.90. The number of aromatic nitrogens is 5. The van der Waals surface area contributed by atoms with Gasteiger partial charge in [-0.15, -0.1) is 0 Å². The lowest BCUT2D eigenvalue weighted by Gasteiger charge is -2.26. The Morgan fingerprint density at radius 3 is 2.78 bits per heavy atom. The molecule has 3 N–H and O–H groups in total. The number of amides is 1. The number of nitrogens with one attached hydrogen (secondary N) is 3. The molecule has 37 heavy (non-hydrogen) atoms. The van der Waals surface area contributed by atoms with Crippen LogP contribution >= 0.6 is 0 Å². The Morgan fingerprint density at radius 1 is 1.16 bits per heavy atom. The van der Waals surface area contributed by atoms with E-state index < -0.39 is 0 Å². The molecule has 0 radical (unpaired) electrons. The van der Waals surface area contributed by atoms with Crippen molar-refractivity contribution in [2.75, 3.05) is 48.8 Å². The predicted molar refractivity (Wildman–Crippen MR) is 139 cm³/mol. The van der Waals surface area contributed by atoms with Gasteiger partial charge in [-0.3, -0.25) is 9.69 Å². The molecule has 0 bridgehead atoms. The maximum Gasteiger partial charge on any atom is 0.221 e. The van der Waals surface area contributed by atoms with Crippen LogP contribution < -0.4 is 16.0 Å². The number of nitriles is 1. The zero-order valence-corrected chi connectivity index (χ0v) is 20.7. The highest BCUT2D eigenvalue weighted by atomic mass is 16.5. The largest absolute Gasteiger partial charge is 0.379 e. The van der Waals surface area contributed by atoms with Crippen molar-refractivity contribution < 1.29 is 9.53 Å². The summed E-state index contributed by atoms with van der Waals surface area (Å²) in [6.07, 6.45) is 5.22. The summed E-state index contributed by atoms with van der Waals surface area (Å²) in [6.45, 7) is 8.57. The number of fused-ring (bicyclic) bond motifs is 1. The Kier molecular flexibility index (Phi) is 6.98. The smallest absolute Gasteiger partial charge is 0.221 e. The summed E-state index contributed by atoms with van der Waals surface area (Å²) in [5, 5.41) is 23.3. The number of carbonyl (C=O) groups is 1. The molecule has 0 spiro atoms. The lowest BCUT2D eigenvalue weighted by molar-refractivity contribution is -0.114. The second kappa shape index (κ2) is 10.7. The van der Waals surface area contributed by atoms with E-state index in [4.69, 9.17) is 4.74 Å². The second-order valence-corrected chi connectivity index (χ2v) is 8.84. The van der Waals surface area contributed by atoms with Crippen molar-refractivity contribution in [3.05, 3.63) is 54.1 Å². The first-order chi connectivity index (χ1) is 18.0. The molecule has 190 valence electrons. The van der Waals surface area contributed by atoms with Crippen molar-refractivity contribution in [2.24, 2.45) is 0 Å². The molecule has 0 aliphatic carbocycles. The second-order valence-electron chi connectivity index (χ2n) is 8.84. The van der Waals surface area contributed by atoms with E-state index in [2.05, 4.69) is 42.0 Å². The van der Waals surface area contributed by atoms with Crippen molar-refractivity contribution in [1.29, 1.82) is 5.26 Å². The summed E-state index contributed by atoms with van der Waals surface area (Å²) in [6, 6.07) is 9.59. The van der Waals surface area contributed by atoms with Crippen LogP contribution in [-0.2, 0) is 16.1 Å². The Labute approximate surface area is 213 Å². The molecule has 4 aromatic rings. The third-order valence-electron chi connectivity index (χ3n) is 6.08. The predicted octanol–water partition coefficient (Wildman–Crippen LogP) is 2.88. The first-order valence-electron chi connectivity index (χ1n) is 12.0. The van der Waals surface area contributed by atoms with Gasteiger partial charge in [0.15, 0.2) is 5.65 Å². The minimum absolute atomic E-state index is 0.145. The average Bonchev–Trinajstić information content (AvgIpc) is 3.52. The van der Waals surface area contributed by atoms with Gasteiger partial charge in [0.25, 0.3) is 0 Å². The van der Waals surface area contributed by atoms with Crippen molar-refractivity contribution in [3.63, 3.8) is 0 Å². The number of anilines is 5. The zero-order chi connectivity index (χ0) is 25.8. The van der Waals surface area contributed by atoms with E-state index in [9.17, 15) is 10.1 Å². The van der Waals surface area contributed by atoms with Crippen molar-refractivity contribution in [3.8, 4) is 6.07 Å². The van der Waals surface area contributed by atoms with E-state index in [1.165, 1.54) is 13.1 Å². The number of ether oxygens (including phenoxy) is 1. The van der Waals surface area contributed by atoms with Crippen LogP contribution in [0.2, 0.25) is 0 Å². The summed E-state index contributed by atoms with van der Waals surface area (Å²) in [4.78, 5) is 23.0. The number of carbonyl (C=O) groups excluding carboxylic acids is 1. The number of hydrogen-bond acceptors (Lipinski definition) is 9. The minimum atomic E-state index is -0.145. The standard InChI is InChI=1S/C25H28N10O2/c1-17-3-4-20(11-21(17)29-18(2)36)30-22-12-24(35-25(32-22)19(13-26)14-28-35)31-23-15-34(16-27-23)6-5-33-7-9-37-10-8-33/h3-4,11-12,14-16,31H,5-10H2,1-2H3,(H,29,36)(H,30,32). The summed E-state index contributed by atoms with van der Waals surface area (Å²) in [5.74, 6) is 1.62. The van der Waals surface area contributed by atoms with Gasteiger partial charge < -0.3 is 25.3 Å². The molecule has 0 atom stereocenters. The molecule has 1 aromatic carbocycles. The third-order valence-corrected chi connectivity index (χ3v) is 6.08. The molecule has 12 heteroatoms. The van der Waals surface area contributed by atoms with E-state index in [-0.39, 0.29) is 5.91 Å². The highest BCUT2D eigenvalue weighted by Gasteiger charge is 2.14. The first-order valence-corrected chi connectivity index (χ1v) is 12.0. The Balaban J connectivity index is 1.38. The highest BCUT2D eigenvalue weighted by Crippen LogP contribution is 2.26. The van der Waals surface area contributed by atoms with Gasteiger partial charge in [-0.2, -0.15) is 14.9 Å². The fraction of sp³-hybridized carbons (Fsp3) is 0.320. The number of aryl methyl sites for hydroxylation is 1. The summed E-state index contributed by atoms with van der Waals surface area (Å²) < 4.78 is 9.03. The number of morpholine rings is 1. The molecule has 12 nitrogen and oxygen atoms in total. The van der Waals surface area contributed by atoms with Crippen LogP contribution in [0.4, 0.5) is 28.8 Å². The molecular formula is C25H28N10O2. The lowest BCUT2D eigenvalue weighted by Crippen LogP contribution is -2.38. The van der Waals surface area contributed by atoms with Crippen LogP contribution in [0.5, 0.6) is 0 Å². The van der Waals surface area contributed by atoms with Gasteiger partial charge in [0.05, 0.1) is 25.7 Å². The van der Waals surface area contributed by atoms with Crippen LogP contribution in [0.25, 0.3) is 5.65 Å². The minimum Gasteiger partial charge on any atom is -0.379 e. The molecule has 1 aliphatic rings. The summed E-state index contributed by atoms with van der Waals surface area (Å²) in [5.41, 5.74) is 3.16. The molecule has 1 amide bonds. The Morgan fingerprint density at radius 2 is 2.00 bits per heavy atom. The molecule has 1 aliphatic heterocycles. The first kappa shape index (κ1) is 24.2. The van der Waals surface area contributed by atoms with Gasteiger partial charge in [-0.25, -0.2) is 9.97 Å². The van der Waals surface area contributed by atoms with Crippen molar-refractivity contribution >= 4 is 40.4 Å². The van der Waals surface area contributed by atoms with Crippen LogP contribution in [-0.4, -0.2) is 67.8 Å². The van der Waals surface area contributed by atoms with Gasteiger partial charge in [-0.05, 0) is 24.6 Å². The van der Waals surface area contributed by atoms with Crippen molar-refractivity contribution in [1.82, 2.24) is 29.0 Å². The molecule has 1 fully saturated rings. The normalized spacial score (nSPS) is 13.9. The Hall–Kier alpha value is -4.47. The van der Waals surface area contributed by atoms with Crippen molar-refractivity contribution in [2.45, 2.75) is 20.4 Å². The molecule has 5 rings (SSSR count). The zero-order valence-electron chi connectivity index (χ0n) is 20.7. The summed E-state index contributed by atoms with van der Waals surface area (Å²) >= 11 is 0. The summed E-state index contributed by atoms with van der Waals surface area (Å²) in [7, 11) is 0. The number of hydrogen-bond donors (Lipinski definition) is 3. The topological polar surface area (TPSA) is 137 Å². The van der Waals surface area contributed by atoms with E-state index in [0.717, 1.165) is 50.6 Å². The number of imidazole rings is 1. The molecule has 1 saturated heterocycles. The van der Waals surface area contributed by atoms with Gasteiger partial charge in [0.1, 0.15) is 29.1 Å². The fourth-order valence-electron chi connectivity index (χ4n) is 4.13. The average molecular weight is 501 g/mol. The number of rotatable bonds is 8. The Bertz CT molecular complexity index is 1460. The SMILES string of the molecule is CC(=O)Nc1cc(Nc2cc(Nc3cn(CCN4CCOCC4)cn3)n3ncc(C#N)c3n2)ccc1C. The molecular weight excluding hydrogens is 472 g/mol. The molecule has 0 saturated carbocycles. The lowest BCUT2D eigenvalue weighted by atomic mass is 10.1. The quantitative estimate of drug-likeness (QED) is 0.333. The van der Waals surface area contributed by atoms with Crippen LogP contribution in [0.1, 0.15) is 18.1 Å². The van der Waals surface area contributed by atoms with Gasteiger partial charge >= 0.3 is 0 Å². The molecule has 3 aromatic heterocycles. The maximum atomic E-state index is 11.6. The monoisotopic (exact) mass is 500 g/mol. The van der Waals surface area contributed by atoms with Crippen LogP contribution in [0.15, 0.2) is 43.0 Å². The van der Waals surface area contributed by atoms with E-state index >= 15 is 0 Å². The molecule has 0 unspecified atom stereocenters. The maximum absolute atomic E-state index is 11.6. The number of nitrogens with zero attached hydrogens (tertiary/aromatic N) is 7. The van der Waals surface area contributed by atoms with Gasteiger partial charge in [-0.1, -0.05) is 6.07 Å². The van der Waals surface area contributed by atoms with Gasteiger partial charge in [0, 0.05) is 56.7 Å². The van der Waals surface area contributed by atoms with Gasteiger partial charge in [0.2, 0.25) is 5.91 Å². The third kappa shape index (κ3) is 5.69. The van der Waals surface area contributed by atoms with E-state index in [0.29, 0.717) is 34.4 Å². The van der Waals surface area contributed by atoms with E-state index in [1.807, 2.05) is 35.9 Å². The molecule has 4 heterocycles. The number of benzene rings is 1. The van der Waals surface area contributed by atoms with Crippen LogP contribution in [0, 0.1) is 18.3 Å². The fourth-order valence-corrected chi connectivity index (χ4v) is 4.13. The van der Waals surface area contributed by atoms with E-state index in [1.54, 1.807) is 16.9 Å².